The molecule has 0 N–H and O–H groups in total. The molecule has 0 amide bonds. The number of rotatable bonds is 8. The third kappa shape index (κ3) is 8.55. The predicted molar refractivity (Wildman–Crippen MR) is 63.6 cm³/mol. The van der Waals surface area contributed by atoms with Gasteiger partial charge in [0.1, 0.15) is 0 Å². The Hall–Kier alpha value is -0.0400. The van der Waals surface area contributed by atoms with Crippen LogP contribution in [0.15, 0.2) is 0 Å². The highest BCUT2D eigenvalue weighted by molar-refractivity contribution is 4.59. The van der Waals surface area contributed by atoms with Gasteiger partial charge >= 0.3 is 0 Å². The van der Waals surface area contributed by atoms with Crippen LogP contribution < -0.4 is 0 Å². The highest BCUT2D eigenvalue weighted by atomic mass is 16.5. The normalized spacial score (nSPS) is 15.9. The first-order valence-corrected chi connectivity index (χ1v) is 6.09. The van der Waals surface area contributed by atoms with Crippen molar-refractivity contribution >= 4 is 0 Å². The van der Waals surface area contributed by atoms with E-state index in [1.165, 1.54) is 32.1 Å². The molecule has 1 heteroatoms. The highest BCUT2D eigenvalue weighted by Crippen LogP contribution is 2.17. The van der Waals surface area contributed by atoms with Crippen molar-refractivity contribution in [3.05, 3.63) is 0 Å². The van der Waals surface area contributed by atoms with E-state index in [-0.39, 0.29) is 0 Å². The summed E-state index contributed by atoms with van der Waals surface area (Å²) in [5, 5.41) is 0. The van der Waals surface area contributed by atoms with E-state index in [9.17, 15) is 0 Å². The van der Waals surface area contributed by atoms with Crippen LogP contribution >= 0.6 is 0 Å². The molecule has 0 bridgehead atoms. The molecular weight excluding hydrogens is 172 g/mol. The number of hydrogen-bond donors (Lipinski definition) is 0. The van der Waals surface area contributed by atoms with Crippen LogP contribution in [0.25, 0.3) is 0 Å². The van der Waals surface area contributed by atoms with Gasteiger partial charge in [0.2, 0.25) is 0 Å². The lowest BCUT2D eigenvalue weighted by molar-refractivity contribution is 0.0956. The zero-order valence-electron chi connectivity index (χ0n) is 10.7. The van der Waals surface area contributed by atoms with E-state index in [1.54, 1.807) is 7.11 Å². The fraction of sp³-hybridized carbons (Fsp3) is 1.00. The summed E-state index contributed by atoms with van der Waals surface area (Å²) < 4.78 is 5.27. The van der Waals surface area contributed by atoms with E-state index >= 15 is 0 Å². The maximum atomic E-state index is 5.27. The lowest BCUT2D eigenvalue weighted by atomic mass is 9.96. The molecule has 0 fully saturated rings. The fourth-order valence-electron chi connectivity index (χ4n) is 1.83. The summed E-state index contributed by atoms with van der Waals surface area (Å²) in [5.74, 6) is 1.68. The summed E-state index contributed by atoms with van der Waals surface area (Å²) in [6.45, 7) is 9.10. The summed E-state index contributed by atoms with van der Waals surface area (Å²) in [4.78, 5) is 0. The highest BCUT2D eigenvalue weighted by Gasteiger charge is 2.07. The summed E-state index contributed by atoms with van der Waals surface area (Å²) in [6.07, 6.45) is 7.15. The first-order chi connectivity index (χ1) is 6.56. The topological polar surface area (TPSA) is 9.23 Å². The van der Waals surface area contributed by atoms with Crippen LogP contribution in [0, 0.1) is 11.8 Å². The minimum absolute atomic E-state index is 0.426. The van der Waals surface area contributed by atoms with Crippen LogP contribution in [0.2, 0.25) is 0 Å². The van der Waals surface area contributed by atoms with E-state index in [2.05, 4.69) is 27.7 Å². The van der Waals surface area contributed by atoms with E-state index in [1.807, 2.05) is 0 Å². The molecule has 0 aliphatic heterocycles. The Labute approximate surface area is 90.2 Å². The van der Waals surface area contributed by atoms with Crippen molar-refractivity contribution in [3.8, 4) is 0 Å². The number of hydrogen-bond acceptors (Lipinski definition) is 1. The van der Waals surface area contributed by atoms with Crippen molar-refractivity contribution < 1.29 is 4.74 Å². The van der Waals surface area contributed by atoms with Gasteiger partial charge in [-0.1, -0.05) is 46.5 Å². The number of methoxy groups -OCH3 is 1. The Morgan fingerprint density at radius 1 is 0.929 bits per heavy atom. The van der Waals surface area contributed by atoms with E-state index < -0.39 is 0 Å². The number of unbranched alkanes of at least 4 members (excludes halogenated alkanes) is 1. The van der Waals surface area contributed by atoms with E-state index in [0.29, 0.717) is 6.10 Å². The van der Waals surface area contributed by atoms with Crippen LogP contribution in [-0.2, 0) is 4.74 Å². The largest absolute Gasteiger partial charge is 0.382 e. The Kier molecular flexibility index (Phi) is 8.26. The molecule has 1 nitrogen and oxygen atoms in total. The van der Waals surface area contributed by atoms with Crippen LogP contribution in [0.3, 0.4) is 0 Å². The SMILES string of the molecule is COC(C)CC(C)CCCCC(C)C. The molecule has 0 radical (unpaired) electrons. The molecule has 0 spiro atoms. The minimum Gasteiger partial charge on any atom is -0.382 e. The first-order valence-electron chi connectivity index (χ1n) is 6.09. The van der Waals surface area contributed by atoms with Gasteiger partial charge in [-0.05, 0) is 25.2 Å². The van der Waals surface area contributed by atoms with Gasteiger partial charge in [-0.25, -0.2) is 0 Å². The molecule has 0 rings (SSSR count). The van der Waals surface area contributed by atoms with Crippen molar-refractivity contribution in [2.24, 2.45) is 11.8 Å². The van der Waals surface area contributed by atoms with Gasteiger partial charge in [-0.3, -0.25) is 0 Å². The molecule has 0 aliphatic carbocycles. The monoisotopic (exact) mass is 200 g/mol. The lowest BCUT2D eigenvalue weighted by Gasteiger charge is -2.16. The Morgan fingerprint density at radius 3 is 2.00 bits per heavy atom. The van der Waals surface area contributed by atoms with Crippen molar-refractivity contribution in [2.45, 2.75) is 65.9 Å². The van der Waals surface area contributed by atoms with Crippen LogP contribution in [0.1, 0.15) is 59.8 Å². The Bertz CT molecular complexity index is 120. The molecular formula is C13H28O. The van der Waals surface area contributed by atoms with Gasteiger partial charge in [0, 0.05) is 7.11 Å². The average Bonchev–Trinajstić information content (AvgIpc) is 2.12. The molecule has 2 atom stereocenters. The van der Waals surface area contributed by atoms with Gasteiger partial charge < -0.3 is 4.74 Å². The molecule has 0 aromatic rings. The quantitative estimate of drug-likeness (QED) is 0.532. The van der Waals surface area contributed by atoms with E-state index in [4.69, 9.17) is 4.74 Å². The molecule has 14 heavy (non-hydrogen) atoms. The third-order valence-electron chi connectivity index (χ3n) is 2.87. The molecule has 0 aromatic heterocycles. The average molecular weight is 200 g/mol. The minimum atomic E-state index is 0.426. The number of ether oxygens (including phenoxy) is 1. The predicted octanol–water partition coefficient (Wildman–Crippen LogP) is 4.26. The zero-order chi connectivity index (χ0) is 11.0. The maximum absolute atomic E-state index is 5.27. The Balaban J connectivity index is 3.30. The second kappa shape index (κ2) is 8.28. The van der Waals surface area contributed by atoms with Gasteiger partial charge in [-0.15, -0.1) is 0 Å². The maximum Gasteiger partial charge on any atom is 0.0545 e. The van der Waals surface area contributed by atoms with Crippen LogP contribution in [-0.4, -0.2) is 13.2 Å². The second-order valence-corrected chi connectivity index (χ2v) is 5.07. The van der Waals surface area contributed by atoms with Gasteiger partial charge in [0.05, 0.1) is 6.10 Å². The molecule has 0 aliphatic rings. The molecule has 0 aromatic carbocycles. The molecule has 0 saturated carbocycles. The molecule has 86 valence electrons. The van der Waals surface area contributed by atoms with Crippen LogP contribution in [0.5, 0.6) is 0 Å². The Morgan fingerprint density at radius 2 is 1.50 bits per heavy atom. The third-order valence-corrected chi connectivity index (χ3v) is 2.87. The molecule has 2 unspecified atom stereocenters. The van der Waals surface area contributed by atoms with Crippen LogP contribution in [0.4, 0.5) is 0 Å². The fourth-order valence-corrected chi connectivity index (χ4v) is 1.83. The standard InChI is InChI=1S/C13H28O/c1-11(2)8-6-7-9-12(3)10-13(4)14-5/h11-13H,6-10H2,1-5H3. The molecule has 0 saturated heterocycles. The van der Waals surface area contributed by atoms with Crippen molar-refractivity contribution in [1.29, 1.82) is 0 Å². The van der Waals surface area contributed by atoms with Gasteiger partial charge in [-0.2, -0.15) is 0 Å². The van der Waals surface area contributed by atoms with Gasteiger partial charge in [0.25, 0.3) is 0 Å². The second-order valence-electron chi connectivity index (χ2n) is 5.07. The van der Waals surface area contributed by atoms with Gasteiger partial charge in [0.15, 0.2) is 0 Å². The zero-order valence-corrected chi connectivity index (χ0v) is 10.7. The summed E-state index contributed by atoms with van der Waals surface area (Å²) in [7, 11) is 1.80. The lowest BCUT2D eigenvalue weighted by Crippen LogP contribution is -2.10. The van der Waals surface area contributed by atoms with E-state index in [0.717, 1.165) is 11.8 Å². The summed E-state index contributed by atoms with van der Waals surface area (Å²) in [5.41, 5.74) is 0. The molecule has 0 heterocycles. The first kappa shape index (κ1) is 14.0. The van der Waals surface area contributed by atoms with Crippen molar-refractivity contribution in [2.75, 3.05) is 7.11 Å². The smallest absolute Gasteiger partial charge is 0.0545 e. The van der Waals surface area contributed by atoms with Crippen molar-refractivity contribution in [1.82, 2.24) is 0 Å². The summed E-state index contributed by atoms with van der Waals surface area (Å²) in [6, 6.07) is 0. The summed E-state index contributed by atoms with van der Waals surface area (Å²) >= 11 is 0. The van der Waals surface area contributed by atoms with Crippen molar-refractivity contribution in [3.63, 3.8) is 0 Å².